The molecule has 1 heterocycles. The summed E-state index contributed by atoms with van der Waals surface area (Å²) in [5.74, 6) is 1.12. The molecule has 0 saturated heterocycles. The van der Waals surface area contributed by atoms with E-state index in [2.05, 4.69) is 42.6 Å². The second kappa shape index (κ2) is 6.17. The molecule has 0 saturated carbocycles. The van der Waals surface area contributed by atoms with Crippen molar-refractivity contribution in [2.45, 2.75) is 52.3 Å². The average molecular weight is 239 g/mol. The zero-order chi connectivity index (χ0) is 12.9. The van der Waals surface area contributed by atoms with Crippen LogP contribution in [0, 0.1) is 0 Å². The van der Waals surface area contributed by atoms with Crippen molar-refractivity contribution in [3.63, 3.8) is 0 Å². The molecular formula is C13H25N3O. The normalized spacial score (nSPS) is 13.9. The Morgan fingerprint density at radius 3 is 2.71 bits per heavy atom. The van der Waals surface area contributed by atoms with E-state index in [9.17, 15) is 0 Å². The van der Waals surface area contributed by atoms with E-state index in [-0.39, 0.29) is 5.60 Å². The Hall–Kier alpha value is -0.870. The van der Waals surface area contributed by atoms with Crippen LogP contribution in [0.1, 0.15) is 33.5 Å². The van der Waals surface area contributed by atoms with Crippen molar-refractivity contribution in [2.24, 2.45) is 0 Å². The molecule has 0 aliphatic rings. The van der Waals surface area contributed by atoms with Crippen molar-refractivity contribution in [3.8, 4) is 0 Å². The van der Waals surface area contributed by atoms with Gasteiger partial charge in [-0.3, -0.25) is 0 Å². The van der Waals surface area contributed by atoms with E-state index in [1.165, 1.54) is 0 Å². The first-order valence-corrected chi connectivity index (χ1v) is 6.27. The Morgan fingerprint density at radius 2 is 2.18 bits per heavy atom. The third-order valence-electron chi connectivity index (χ3n) is 2.70. The third-order valence-corrected chi connectivity index (χ3v) is 2.70. The van der Waals surface area contributed by atoms with Gasteiger partial charge in [0.15, 0.2) is 0 Å². The van der Waals surface area contributed by atoms with Gasteiger partial charge in [-0.25, -0.2) is 4.98 Å². The van der Waals surface area contributed by atoms with Crippen LogP contribution in [0.3, 0.4) is 0 Å². The van der Waals surface area contributed by atoms with E-state index in [4.69, 9.17) is 4.74 Å². The Labute approximate surface area is 104 Å². The molecule has 4 nitrogen and oxygen atoms in total. The molecule has 0 aliphatic heterocycles. The maximum absolute atomic E-state index is 5.81. The molecule has 1 aromatic rings. The lowest BCUT2D eigenvalue weighted by molar-refractivity contribution is -0.0137. The van der Waals surface area contributed by atoms with Crippen LogP contribution < -0.4 is 5.32 Å². The second-order valence-corrected chi connectivity index (χ2v) is 5.24. The Morgan fingerprint density at radius 1 is 1.47 bits per heavy atom. The van der Waals surface area contributed by atoms with Gasteiger partial charge in [0, 0.05) is 31.4 Å². The fraction of sp³-hybridized carbons (Fsp3) is 0.769. The highest BCUT2D eigenvalue weighted by atomic mass is 16.5. The number of likely N-dealkylation sites (N-methyl/N-ethyl adjacent to an activating group) is 1. The lowest BCUT2D eigenvalue weighted by atomic mass is 10.1. The molecule has 17 heavy (non-hydrogen) atoms. The van der Waals surface area contributed by atoms with E-state index < -0.39 is 0 Å². The highest BCUT2D eigenvalue weighted by Gasteiger charge is 2.16. The van der Waals surface area contributed by atoms with Gasteiger partial charge in [-0.2, -0.15) is 0 Å². The van der Waals surface area contributed by atoms with Crippen LogP contribution in [0.5, 0.6) is 0 Å². The molecule has 1 aromatic heterocycles. The molecule has 0 amide bonds. The summed E-state index contributed by atoms with van der Waals surface area (Å²) in [4.78, 5) is 4.39. The smallest absolute Gasteiger partial charge is 0.110 e. The summed E-state index contributed by atoms with van der Waals surface area (Å²) >= 11 is 0. The van der Waals surface area contributed by atoms with Crippen molar-refractivity contribution in [2.75, 3.05) is 13.7 Å². The number of ether oxygens (including phenoxy) is 1. The molecule has 1 atom stereocenters. The highest BCUT2D eigenvalue weighted by Crippen LogP contribution is 2.09. The van der Waals surface area contributed by atoms with Crippen LogP contribution in [0.2, 0.25) is 0 Å². The summed E-state index contributed by atoms with van der Waals surface area (Å²) in [6.07, 6.45) is 4.77. The van der Waals surface area contributed by atoms with Crippen LogP contribution >= 0.6 is 0 Å². The number of imidazole rings is 1. The van der Waals surface area contributed by atoms with Crippen LogP contribution in [0.15, 0.2) is 12.4 Å². The van der Waals surface area contributed by atoms with Crippen LogP contribution in [-0.4, -0.2) is 34.8 Å². The molecule has 0 bridgehead atoms. The monoisotopic (exact) mass is 239 g/mol. The number of hydrogen-bond donors (Lipinski definition) is 1. The largest absolute Gasteiger partial charge is 0.374 e. The van der Waals surface area contributed by atoms with E-state index in [1.807, 2.05) is 19.4 Å². The molecule has 98 valence electrons. The van der Waals surface area contributed by atoms with Crippen LogP contribution in [0.25, 0.3) is 0 Å². The number of aromatic nitrogens is 2. The Balaban J connectivity index is 2.52. The zero-order valence-electron chi connectivity index (χ0n) is 11.7. The minimum absolute atomic E-state index is 0.0880. The van der Waals surface area contributed by atoms with Gasteiger partial charge in [0.2, 0.25) is 0 Å². The minimum atomic E-state index is -0.0880. The van der Waals surface area contributed by atoms with Crippen LogP contribution in [-0.2, 0) is 17.7 Å². The molecule has 0 spiro atoms. The van der Waals surface area contributed by atoms with Gasteiger partial charge in [0.05, 0.1) is 12.2 Å². The van der Waals surface area contributed by atoms with Crippen molar-refractivity contribution in [3.05, 3.63) is 18.2 Å². The van der Waals surface area contributed by atoms with E-state index >= 15 is 0 Å². The molecule has 1 rings (SSSR count). The van der Waals surface area contributed by atoms with E-state index in [0.717, 1.165) is 18.8 Å². The first-order valence-electron chi connectivity index (χ1n) is 6.27. The summed E-state index contributed by atoms with van der Waals surface area (Å²) in [7, 11) is 1.97. The molecule has 0 radical (unpaired) electrons. The minimum Gasteiger partial charge on any atom is -0.374 e. The van der Waals surface area contributed by atoms with Gasteiger partial charge in [-0.05, 0) is 34.7 Å². The molecule has 0 aromatic carbocycles. The Bertz CT molecular complexity index is 328. The van der Waals surface area contributed by atoms with Crippen molar-refractivity contribution < 1.29 is 4.74 Å². The molecule has 1 unspecified atom stereocenters. The second-order valence-electron chi connectivity index (χ2n) is 5.24. The quantitative estimate of drug-likeness (QED) is 0.823. The number of rotatable bonds is 6. The van der Waals surface area contributed by atoms with Gasteiger partial charge in [-0.1, -0.05) is 0 Å². The highest BCUT2D eigenvalue weighted by molar-refractivity contribution is 4.95. The lowest BCUT2D eigenvalue weighted by Crippen LogP contribution is -2.36. The van der Waals surface area contributed by atoms with Gasteiger partial charge in [0.1, 0.15) is 5.82 Å². The third kappa shape index (κ3) is 4.88. The standard InChI is InChI=1S/C13H25N3O/c1-6-16-8-7-15-12(16)9-11(14-5)10-17-13(2,3)4/h7-8,11,14H,6,9-10H2,1-5H3. The first kappa shape index (κ1) is 14.2. The average Bonchev–Trinajstić information content (AvgIpc) is 2.70. The first-order chi connectivity index (χ1) is 7.96. The van der Waals surface area contributed by atoms with Crippen molar-refractivity contribution in [1.29, 1.82) is 0 Å². The van der Waals surface area contributed by atoms with Crippen molar-refractivity contribution in [1.82, 2.24) is 14.9 Å². The maximum Gasteiger partial charge on any atom is 0.110 e. The lowest BCUT2D eigenvalue weighted by Gasteiger charge is -2.24. The summed E-state index contributed by atoms with van der Waals surface area (Å²) < 4.78 is 7.97. The molecule has 0 aliphatic carbocycles. The summed E-state index contributed by atoms with van der Waals surface area (Å²) in [6.45, 7) is 10.0. The predicted molar refractivity (Wildman–Crippen MR) is 70.2 cm³/mol. The molecule has 0 fully saturated rings. The van der Waals surface area contributed by atoms with Gasteiger partial charge < -0.3 is 14.6 Å². The van der Waals surface area contributed by atoms with E-state index in [1.54, 1.807) is 0 Å². The van der Waals surface area contributed by atoms with Gasteiger partial charge in [-0.15, -0.1) is 0 Å². The van der Waals surface area contributed by atoms with Gasteiger partial charge >= 0.3 is 0 Å². The SMILES string of the molecule is CCn1ccnc1CC(COC(C)(C)C)NC. The number of hydrogen-bond acceptors (Lipinski definition) is 3. The number of aryl methyl sites for hydroxylation is 1. The van der Waals surface area contributed by atoms with E-state index in [0.29, 0.717) is 12.6 Å². The molecular weight excluding hydrogens is 214 g/mol. The summed E-state index contributed by atoms with van der Waals surface area (Å²) in [5, 5.41) is 3.29. The summed E-state index contributed by atoms with van der Waals surface area (Å²) in [6, 6.07) is 0.307. The maximum atomic E-state index is 5.81. The summed E-state index contributed by atoms with van der Waals surface area (Å²) in [5.41, 5.74) is -0.0880. The fourth-order valence-corrected chi connectivity index (χ4v) is 1.63. The Kier molecular flexibility index (Phi) is 5.15. The van der Waals surface area contributed by atoms with Gasteiger partial charge in [0.25, 0.3) is 0 Å². The van der Waals surface area contributed by atoms with Crippen molar-refractivity contribution >= 4 is 0 Å². The fourth-order valence-electron chi connectivity index (χ4n) is 1.63. The number of nitrogens with zero attached hydrogens (tertiary/aromatic N) is 2. The number of nitrogens with one attached hydrogen (secondary N) is 1. The predicted octanol–water partition coefficient (Wildman–Crippen LogP) is 1.85. The van der Waals surface area contributed by atoms with Crippen LogP contribution in [0.4, 0.5) is 0 Å². The molecule has 1 N–H and O–H groups in total. The molecule has 4 heteroatoms. The topological polar surface area (TPSA) is 39.1 Å². The zero-order valence-corrected chi connectivity index (χ0v) is 11.7.